The molecule has 1 aliphatic rings. The van der Waals surface area contributed by atoms with Crippen molar-refractivity contribution in [1.82, 2.24) is 5.32 Å². The lowest BCUT2D eigenvalue weighted by molar-refractivity contribution is -0.119. The average molecular weight is 397 g/mol. The second-order valence-corrected chi connectivity index (χ2v) is 7.39. The SMILES string of the molecule is CC(C)[C@H](NC(=O)c1ccc(F)cc1)C(=O)Nc1cccc(N2CCCC2=O)c1. The minimum Gasteiger partial charge on any atom is -0.340 e. The first-order chi connectivity index (χ1) is 13.8. The molecule has 1 saturated heterocycles. The fourth-order valence-corrected chi connectivity index (χ4v) is 3.25. The van der Waals surface area contributed by atoms with Crippen LogP contribution < -0.4 is 15.5 Å². The number of carbonyl (C=O) groups excluding carboxylic acids is 3. The van der Waals surface area contributed by atoms with Crippen LogP contribution in [0.3, 0.4) is 0 Å². The zero-order chi connectivity index (χ0) is 21.0. The van der Waals surface area contributed by atoms with Crippen molar-refractivity contribution in [2.24, 2.45) is 5.92 Å². The molecule has 0 saturated carbocycles. The Morgan fingerprint density at radius 1 is 1.10 bits per heavy atom. The summed E-state index contributed by atoms with van der Waals surface area (Å²) in [5.41, 5.74) is 1.56. The molecule has 0 spiro atoms. The van der Waals surface area contributed by atoms with E-state index in [1.54, 1.807) is 23.1 Å². The van der Waals surface area contributed by atoms with Gasteiger partial charge in [-0.2, -0.15) is 0 Å². The molecule has 0 bridgehead atoms. The van der Waals surface area contributed by atoms with Crippen LogP contribution in [-0.2, 0) is 9.59 Å². The molecule has 0 unspecified atom stereocenters. The zero-order valence-electron chi connectivity index (χ0n) is 16.4. The van der Waals surface area contributed by atoms with Crippen LogP contribution in [0.25, 0.3) is 0 Å². The molecule has 3 amide bonds. The molecule has 2 aromatic rings. The summed E-state index contributed by atoms with van der Waals surface area (Å²) < 4.78 is 13.1. The Morgan fingerprint density at radius 2 is 1.83 bits per heavy atom. The van der Waals surface area contributed by atoms with Gasteiger partial charge in [0.1, 0.15) is 11.9 Å². The molecule has 1 fully saturated rings. The molecule has 1 atom stereocenters. The van der Waals surface area contributed by atoms with Gasteiger partial charge in [0, 0.05) is 29.9 Å². The van der Waals surface area contributed by atoms with E-state index >= 15 is 0 Å². The quantitative estimate of drug-likeness (QED) is 0.785. The van der Waals surface area contributed by atoms with Crippen molar-refractivity contribution in [2.75, 3.05) is 16.8 Å². The maximum atomic E-state index is 13.1. The summed E-state index contributed by atoms with van der Waals surface area (Å²) in [4.78, 5) is 38.9. The van der Waals surface area contributed by atoms with Crippen molar-refractivity contribution in [2.45, 2.75) is 32.7 Å². The second-order valence-electron chi connectivity index (χ2n) is 7.39. The number of amides is 3. The molecule has 2 aromatic carbocycles. The van der Waals surface area contributed by atoms with Crippen molar-refractivity contribution < 1.29 is 18.8 Å². The molecule has 0 aromatic heterocycles. The summed E-state index contributed by atoms with van der Waals surface area (Å²) in [6, 6.07) is 11.5. The number of hydrogen-bond donors (Lipinski definition) is 2. The molecule has 1 heterocycles. The Labute approximate surface area is 169 Å². The second kappa shape index (κ2) is 8.86. The van der Waals surface area contributed by atoms with Gasteiger partial charge in [-0.1, -0.05) is 19.9 Å². The van der Waals surface area contributed by atoms with E-state index < -0.39 is 17.8 Å². The minimum atomic E-state index is -0.773. The van der Waals surface area contributed by atoms with Crippen LogP contribution in [-0.4, -0.2) is 30.3 Å². The number of anilines is 2. The van der Waals surface area contributed by atoms with E-state index in [0.29, 0.717) is 18.7 Å². The number of nitrogens with one attached hydrogen (secondary N) is 2. The highest BCUT2D eigenvalue weighted by molar-refractivity contribution is 6.02. The van der Waals surface area contributed by atoms with Crippen molar-refractivity contribution in [1.29, 1.82) is 0 Å². The lowest BCUT2D eigenvalue weighted by atomic mass is 10.0. The monoisotopic (exact) mass is 397 g/mol. The number of hydrogen-bond acceptors (Lipinski definition) is 3. The predicted octanol–water partition coefficient (Wildman–Crippen LogP) is 3.35. The molecular formula is C22H24FN3O3. The van der Waals surface area contributed by atoms with Crippen LogP contribution in [0.1, 0.15) is 37.0 Å². The number of carbonyl (C=O) groups is 3. The van der Waals surface area contributed by atoms with E-state index in [4.69, 9.17) is 0 Å². The number of nitrogens with zero attached hydrogens (tertiary/aromatic N) is 1. The van der Waals surface area contributed by atoms with Gasteiger partial charge in [0.05, 0.1) is 0 Å². The summed E-state index contributed by atoms with van der Waals surface area (Å²) in [6.45, 7) is 4.32. The van der Waals surface area contributed by atoms with Gasteiger partial charge >= 0.3 is 0 Å². The number of halogens is 1. The van der Waals surface area contributed by atoms with Crippen LogP contribution in [0.15, 0.2) is 48.5 Å². The van der Waals surface area contributed by atoms with Gasteiger partial charge in [-0.25, -0.2) is 4.39 Å². The van der Waals surface area contributed by atoms with Crippen LogP contribution in [0.4, 0.5) is 15.8 Å². The zero-order valence-corrected chi connectivity index (χ0v) is 16.4. The molecule has 6 nitrogen and oxygen atoms in total. The van der Waals surface area contributed by atoms with Gasteiger partial charge in [-0.3, -0.25) is 14.4 Å². The Balaban J connectivity index is 1.70. The maximum absolute atomic E-state index is 13.1. The van der Waals surface area contributed by atoms with Crippen LogP contribution in [0.2, 0.25) is 0 Å². The van der Waals surface area contributed by atoms with Crippen molar-refractivity contribution in [3.8, 4) is 0 Å². The number of benzene rings is 2. The van der Waals surface area contributed by atoms with Crippen molar-refractivity contribution in [3.63, 3.8) is 0 Å². The van der Waals surface area contributed by atoms with E-state index in [0.717, 1.165) is 12.1 Å². The first-order valence-corrected chi connectivity index (χ1v) is 9.63. The van der Waals surface area contributed by atoms with Gasteiger partial charge in [0.2, 0.25) is 11.8 Å². The topological polar surface area (TPSA) is 78.5 Å². The summed E-state index contributed by atoms with van der Waals surface area (Å²) in [5.74, 6) is -1.34. The summed E-state index contributed by atoms with van der Waals surface area (Å²) in [6.07, 6.45) is 1.35. The van der Waals surface area contributed by atoms with E-state index in [2.05, 4.69) is 10.6 Å². The van der Waals surface area contributed by atoms with Crippen molar-refractivity contribution in [3.05, 3.63) is 59.9 Å². The van der Waals surface area contributed by atoms with Gasteiger partial charge in [0.15, 0.2) is 0 Å². The van der Waals surface area contributed by atoms with Gasteiger partial charge < -0.3 is 15.5 Å². The van der Waals surface area contributed by atoms with Gasteiger partial charge in [0.25, 0.3) is 5.91 Å². The lowest BCUT2D eigenvalue weighted by Crippen LogP contribution is -2.47. The first kappa shape index (κ1) is 20.5. The Morgan fingerprint density at radius 3 is 2.45 bits per heavy atom. The summed E-state index contributed by atoms with van der Waals surface area (Å²) in [5, 5.41) is 5.53. The molecule has 0 aliphatic carbocycles. The van der Waals surface area contributed by atoms with Gasteiger partial charge in [-0.15, -0.1) is 0 Å². The van der Waals surface area contributed by atoms with Crippen LogP contribution in [0.5, 0.6) is 0 Å². The van der Waals surface area contributed by atoms with Gasteiger partial charge in [-0.05, 0) is 54.8 Å². The maximum Gasteiger partial charge on any atom is 0.251 e. The fraction of sp³-hybridized carbons (Fsp3) is 0.318. The molecule has 7 heteroatoms. The Kier molecular flexibility index (Phi) is 6.26. The third-order valence-corrected chi connectivity index (χ3v) is 4.84. The Hall–Kier alpha value is -3.22. The van der Waals surface area contributed by atoms with Crippen molar-refractivity contribution >= 4 is 29.1 Å². The highest BCUT2D eigenvalue weighted by Gasteiger charge is 2.26. The first-order valence-electron chi connectivity index (χ1n) is 9.63. The Bertz CT molecular complexity index is 912. The van der Waals surface area contributed by atoms with E-state index in [1.807, 2.05) is 19.9 Å². The standard InChI is InChI=1S/C22H24FN3O3/c1-14(2)20(25-21(28)15-8-10-16(23)11-9-15)22(29)24-17-5-3-6-18(13-17)26-12-4-7-19(26)27/h3,5-6,8-11,13-14,20H,4,7,12H2,1-2H3,(H,24,29)(H,25,28)/t20-/m0/s1. The number of rotatable bonds is 6. The predicted molar refractivity (Wildman–Crippen MR) is 109 cm³/mol. The minimum absolute atomic E-state index is 0.0695. The highest BCUT2D eigenvalue weighted by atomic mass is 19.1. The molecule has 0 radical (unpaired) electrons. The third kappa shape index (κ3) is 4.99. The molecule has 29 heavy (non-hydrogen) atoms. The molecule has 152 valence electrons. The molecule has 1 aliphatic heterocycles. The van der Waals surface area contributed by atoms with Crippen LogP contribution in [0, 0.1) is 11.7 Å². The summed E-state index contributed by atoms with van der Waals surface area (Å²) >= 11 is 0. The van der Waals surface area contributed by atoms with E-state index in [9.17, 15) is 18.8 Å². The lowest BCUT2D eigenvalue weighted by Gasteiger charge is -2.22. The normalized spacial score (nSPS) is 14.8. The molecular weight excluding hydrogens is 373 g/mol. The third-order valence-electron chi connectivity index (χ3n) is 4.84. The van der Waals surface area contributed by atoms with E-state index in [-0.39, 0.29) is 23.3 Å². The van der Waals surface area contributed by atoms with E-state index in [1.165, 1.54) is 24.3 Å². The molecule has 2 N–H and O–H groups in total. The largest absolute Gasteiger partial charge is 0.340 e. The smallest absolute Gasteiger partial charge is 0.251 e. The summed E-state index contributed by atoms with van der Waals surface area (Å²) in [7, 11) is 0. The molecule has 3 rings (SSSR count). The highest BCUT2D eigenvalue weighted by Crippen LogP contribution is 2.24. The fourth-order valence-electron chi connectivity index (χ4n) is 3.25. The average Bonchev–Trinajstić information content (AvgIpc) is 3.12. The van der Waals surface area contributed by atoms with Crippen LogP contribution >= 0.6 is 0 Å².